The maximum atomic E-state index is 12.1. The van der Waals surface area contributed by atoms with Gasteiger partial charge in [-0.05, 0) is 12.8 Å². The monoisotopic (exact) mass is 321 g/mol. The van der Waals surface area contributed by atoms with E-state index in [1.807, 2.05) is 11.9 Å². The third kappa shape index (κ3) is 3.49. The summed E-state index contributed by atoms with van der Waals surface area (Å²) < 4.78 is 5.35. The normalized spacial score (nSPS) is 21.5. The van der Waals surface area contributed by atoms with Crippen molar-refractivity contribution in [3.8, 4) is 0 Å². The Hall–Kier alpha value is -1.63. The van der Waals surface area contributed by atoms with E-state index >= 15 is 0 Å². The molecule has 0 bridgehead atoms. The van der Waals surface area contributed by atoms with E-state index < -0.39 is 0 Å². The minimum atomic E-state index is -0.111. The number of urea groups is 1. The topological polar surface area (TPSA) is 65.7 Å². The molecule has 0 atom stereocenters. The summed E-state index contributed by atoms with van der Waals surface area (Å²) in [4.78, 5) is 22.8. The number of piperidine rings is 1. The first-order valence-corrected chi connectivity index (χ1v) is 8.42. The van der Waals surface area contributed by atoms with E-state index in [-0.39, 0.29) is 11.4 Å². The van der Waals surface area contributed by atoms with Crippen LogP contribution in [0, 0.1) is 0 Å². The molecule has 0 unspecified atom stereocenters. The second-order valence-electron chi connectivity index (χ2n) is 7.67. The molecule has 0 aliphatic carbocycles. The van der Waals surface area contributed by atoms with E-state index in [2.05, 4.69) is 35.8 Å². The van der Waals surface area contributed by atoms with E-state index in [0.717, 1.165) is 51.4 Å². The maximum Gasteiger partial charge on any atom is 0.320 e. The van der Waals surface area contributed by atoms with Crippen molar-refractivity contribution in [2.45, 2.75) is 51.6 Å². The number of hydrogen-bond acceptors (Lipinski definition) is 5. The molecule has 7 nitrogen and oxygen atoms in total. The fourth-order valence-electron chi connectivity index (χ4n) is 3.22. The number of amides is 2. The minimum Gasteiger partial charge on any atom is -0.339 e. The molecule has 128 valence electrons. The fourth-order valence-corrected chi connectivity index (χ4v) is 3.22. The molecule has 3 rings (SSSR count). The van der Waals surface area contributed by atoms with Crippen LogP contribution in [0.3, 0.4) is 0 Å². The van der Waals surface area contributed by atoms with Gasteiger partial charge in [-0.2, -0.15) is 4.98 Å². The zero-order valence-electron chi connectivity index (χ0n) is 14.6. The van der Waals surface area contributed by atoms with E-state index in [9.17, 15) is 4.79 Å². The Morgan fingerprint density at radius 1 is 1.17 bits per heavy atom. The van der Waals surface area contributed by atoms with Crippen LogP contribution >= 0.6 is 0 Å². The smallest absolute Gasteiger partial charge is 0.320 e. The van der Waals surface area contributed by atoms with Gasteiger partial charge < -0.3 is 14.3 Å². The molecule has 2 aliphatic rings. The van der Waals surface area contributed by atoms with Gasteiger partial charge in [0.2, 0.25) is 5.89 Å². The third-order valence-electron chi connectivity index (χ3n) is 4.72. The Morgan fingerprint density at radius 2 is 1.87 bits per heavy atom. The number of carbonyl (C=O) groups excluding carboxylic acids is 1. The second-order valence-corrected chi connectivity index (χ2v) is 7.67. The average molecular weight is 321 g/mol. The van der Waals surface area contributed by atoms with E-state index in [4.69, 9.17) is 4.52 Å². The summed E-state index contributed by atoms with van der Waals surface area (Å²) in [5.41, 5.74) is -0.111. The number of nitrogens with zero attached hydrogens (tertiary/aromatic N) is 5. The number of likely N-dealkylation sites (N-methyl/N-ethyl adjacent to an activating group) is 1. The van der Waals surface area contributed by atoms with Gasteiger partial charge in [-0.25, -0.2) is 4.79 Å². The molecule has 0 radical (unpaired) electrons. The summed E-state index contributed by atoms with van der Waals surface area (Å²) in [6.07, 6.45) is 2.03. The molecule has 2 amide bonds. The summed E-state index contributed by atoms with van der Waals surface area (Å²) in [5, 5.41) is 4.10. The number of carbonyl (C=O) groups is 1. The molecule has 23 heavy (non-hydrogen) atoms. The summed E-state index contributed by atoms with van der Waals surface area (Å²) in [7, 11) is 1.88. The van der Waals surface area contributed by atoms with Gasteiger partial charge in [-0.1, -0.05) is 25.9 Å². The zero-order valence-corrected chi connectivity index (χ0v) is 14.6. The first-order chi connectivity index (χ1) is 10.8. The molecule has 0 spiro atoms. The SMILES string of the molecule is CN1CCN(C2CCN(Cc3noc(C(C)(C)C)n3)CC2)C1=O. The molecule has 1 aromatic rings. The van der Waals surface area contributed by atoms with Crippen LogP contribution in [0.5, 0.6) is 0 Å². The lowest BCUT2D eigenvalue weighted by atomic mass is 9.97. The number of likely N-dealkylation sites (tertiary alicyclic amines) is 1. The first-order valence-electron chi connectivity index (χ1n) is 8.42. The summed E-state index contributed by atoms with van der Waals surface area (Å²) >= 11 is 0. The van der Waals surface area contributed by atoms with Crippen molar-refractivity contribution in [2.75, 3.05) is 33.2 Å². The number of hydrogen-bond donors (Lipinski definition) is 0. The highest BCUT2D eigenvalue weighted by molar-refractivity contribution is 5.76. The van der Waals surface area contributed by atoms with Crippen LogP contribution in [-0.4, -0.2) is 70.1 Å². The Kier molecular flexibility index (Phi) is 4.31. The van der Waals surface area contributed by atoms with Gasteiger partial charge in [0.25, 0.3) is 0 Å². The highest BCUT2D eigenvalue weighted by Crippen LogP contribution is 2.23. The average Bonchev–Trinajstić information content (AvgIpc) is 3.08. The number of rotatable bonds is 3. The second kappa shape index (κ2) is 6.11. The van der Waals surface area contributed by atoms with Gasteiger partial charge in [0.1, 0.15) is 0 Å². The van der Waals surface area contributed by atoms with E-state index in [1.165, 1.54) is 0 Å². The van der Waals surface area contributed by atoms with Crippen LogP contribution in [0.4, 0.5) is 4.79 Å². The molecular formula is C16H27N5O2. The largest absolute Gasteiger partial charge is 0.339 e. The molecule has 0 aromatic carbocycles. The Balaban J connectivity index is 1.51. The van der Waals surface area contributed by atoms with Gasteiger partial charge in [-0.15, -0.1) is 0 Å². The third-order valence-corrected chi connectivity index (χ3v) is 4.72. The van der Waals surface area contributed by atoms with Crippen LogP contribution in [0.1, 0.15) is 45.3 Å². The minimum absolute atomic E-state index is 0.111. The molecule has 3 heterocycles. The quantitative estimate of drug-likeness (QED) is 0.848. The Bertz CT molecular complexity index is 557. The predicted molar refractivity (Wildman–Crippen MR) is 86.0 cm³/mol. The Morgan fingerprint density at radius 3 is 2.39 bits per heavy atom. The first kappa shape index (κ1) is 16.2. The maximum absolute atomic E-state index is 12.1. The molecule has 2 aliphatic heterocycles. The molecule has 0 saturated carbocycles. The summed E-state index contributed by atoms with van der Waals surface area (Å²) in [5.74, 6) is 1.44. The van der Waals surface area contributed by atoms with E-state index in [0.29, 0.717) is 11.9 Å². The van der Waals surface area contributed by atoms with Gasteiger partial charge in [0.15, 0.2) is 5.82 Å². The zero-order chi connectivity index (χ0) is 16.6. The molecule has 1 aromatic heterocycles. The van der Waals surface area contributed by atoms with Gasteiger partial charge in [0.05, 0.1) is 6.54 Å². The van der Waals surface area contributed by atoms with Crippen molar-refractivity contribution in [3.63, 3.8) is 0 Å². The van der Waals surface area contributed by atoms with Gasteiger partial charge in [-0.3, -0.25) is 4.90 Å². The molecule has 2 saturated heterocycles. The van der Waals surface area contributed by atoms with Crippen LogP contribution in [0.25, 0.3) is 0 Å². The van der Waals surface area contributed by atoms with Crippen LogP contribution in [-0.2, 0) is 12.0 Å². The van der Waals surface area contributed by atoms with Crippen LogP contribution in [0.2, 0.25) is 0 Å². The van der Waals surface area contributed by atoms with Crippen molar-refractivity contribution >= 4 is 6.03 Å². The van der Waals surface area contributed by atoms with E-state index in [1.54, 1.807) is 4.90 Å². The molecule has 7 heteroatoms. The lowest BCUT2D eigenvalue weighted by molar-refractivity contribution is 0.125. The number of aromatic nitrogens is 2. The van der Waals surface area contributed by atoms with Crippen molar-refractivity contribution in [1.29, 1.82) is 0 Å². The molecule has 0 N–H and O–H groups in total. The lowest BCUT2D eigenvalue weighted by Crippen LogP contribution is -2.46. The molecular weight excluding hydrogens is 294 g/mol. The lowest BCUT2D eigenvalue weighted by Gasteiger charge is -2.35. The van der Waals surface area contributed by atoms with Crippen molar-refractivity contribution in [3.05, 3.63) is 11.7 Å². The predicted octanol–water partition coefficient (Wildman–Crippen LogP) is 1.70. The summed E-state index contributed by atoms with van der Waals surface area (Å²) in [6.45, 7) is 10.6. The van der Waals surface area contributed by atoms with Gasteiger partial charge in [0, 0.05) is 44.7 Å². The van der Waals surface area contributed by atoms with Crippen LogP contribution < -0.4 is 0 Å². The van der Waals surface area contributed by atoms with Crippen molar-refractivity contribution in [2.24, 2.45) is 0 Å². The summed E-state index contributed by atoms with van der Waals surface area (Å²) in [6, 6.07) is 0.551. The molecule has 2 fully saturated rings. The van der Waals surface area contributed by atoms with Crippen LogP contribution in [0.15, 0.2) is 4.52 Å². The standard InChI is InChI=1S/C16H27N5O2/c1-16(2,3)14-17-13(18-23-14)11-20-7-5-12(6-8-20)21-10-9-19(4)15(21)22/h12H,5-11H2,1-4H3. The highest BCUT2D eigenvalue weighted by atomic mass is 16.5. The van der Waals surface area contributed by atoms with Gasteiger partial charge >= 0.3 is 6.03 Å². The Labute approximate surface area is 137 Å². The fraction of sp³-hybridized carbons (Fsp3) is 0.812. The van der Waals surface area contributed by atoms with Crippen molar-refractivity contribution in [1.82, 2.24) is 24.8 Å². The van der Waals surface area contributed by atoms with Crippen molar-refractivity contribution < 1.29 is 9.32 Å². The highest BCUT2D eigenvalue weighted by Gasteiger charge is 2.33.